The van der Waals surface area contributed by atoms with Gasteiger partial charge in [-0.2, -0.15) is 4.31 Å². The standard InChI is InChI=1S/C22H28N2O2S/c1-18-17-24(15-14-23(18)13-12-19-6-3-2-4-7-19)27(25,26)22-11-10-20-8-5-9-21(20)16-22/h2-4,6-7,10-11,16,18H,5,8-9,12-15,17H2,1H3. The zero-order chi connectivity index (χ0) is 18.9. The summed E-state index contributed by atoms with van der Waals surface area (Å²) < 4.78 is 27.9. The Kier molecular flexibility index (Phi) is 5.35. The number of piperazine rings is 1. The monoisotopic (exact) mass is 384 g/mol. The van der Waals surface area contributed by atoms with E-state index in [1.807, 2.05) is 18.2 Å². The third-order valence-corrected chi connectivity index (χ3v) is 7.83. The van der Waals surface area contributed by atoms with Crippen molar-refractivity contribution in [2.24, 2.45) is 0 Å². The highest BCUT2D eigenvalue weighted by molar-refractivity contribution is 7.89. The molecule has 1 fully saturated rings. The summed E-state index contributed by atoms with van der Waals surface area (Å²) >= 11 is 0. The molecule has 1 aliphatic heterocycles. The van der Waals surface area contributed by atoms with Crippen LogP contribution in [0.5, 0.6) is 0 Å². The number of rotatable bonds is 5. The van der Waals surface area contributed by atoms with E-state index in [-0.39, 0.29) is 6.04 Å². The molecule has 5 heteroatoms. The summed E-state index contributed by atoms with van der Waals surface area (Å²) in [6.07, 6.45) is 4.22. The predicted octanol–water partition coefficient (Wildman–Crippen LogP) is 3.11. The molecule has 4 rings (SSSR count). The fourth-order valence-corrected chi connectivity index (χ4v) is 5.85. The fourth-order valence-electron chi connectivity index (χ4n) is 4.29. The zero-order valence-corrected chi connectivity index (χ0v) is 16.8. The normalized spacial score (nSPS) is 21.3. The molecule has 2 aromatic rings. The molecule has 0 aromatic heterocycles. The van der Waals surface area contributed by atoms with Crippen molar-refractivity contribution < 1.29 is 8.42 Å². The van der Waals surface area contributed by atoms with Crippen LogP contribution >= 0.6 is 0 Å². The molecule has 1 heterocycles. The summed E-state index contributed by atoms with van der Waals surface area (Å²) in [6.45, 7) is 5.03. The minimum absolute atomic E-state index is 0.228. The molecule has 144 valence electrons. The lowest BCUT2D eigenvalue weighted by molar-refractivity contribution is 0.130. The fraction of sp³-hybridized carbons (Fsp3) is 0.455. The summed E-state index contributed by atoms with van der Waals surface area (Å²) in [4.78, 5) is 2.87. The van der Waals surface area contributed by atoms with E-state index in [2.05, 4.69) is 36.1 Å². The van der Waals surface area contributed by atoms with Crippen LogP contribution in [-0.4, -0.2) is 49.8 Å². The Morgan fingerprint density at radius 1 is 1.00 bits per heavy atom. The maximum Gasteiger partial charge on any atom is 0.243 e. The van der Waals surface area contributed by atoms with Gasteiger partial charge in [0.25, 0.3) is 0 Å². The summed E-state index contributed by atoms with van der Waals surface area (Å²) in [5.74, 6) is 0. The van der Waals surface area contributed by atoms with Crippen LogP contribution in [0.1, 0.15) is 30.0 Å². The number of hydrogen-bond acceptors (Lipinski definition) is 3. The van der Waals surface area contributed by atoms with Crippen molar-refractivity contribution in [3.8, 4) is 0 Å². The number of sulfonamides is 1. The molecule has 0 amide bonds. The Morgan fingerprint density at radius 3 is 2.56 bits per heavy atom. The van der Waals surface area contributed by atoms with E-state index in [9.17, 15) is 8.42 Å². The van der Waals surface area contributed by atoms with Gasteiger partial charge in [-0.15, -0.1) is 0 Å². The van der Waals surface area contributed by atoms with Crippen molar-refractivity contribution >= 4 is 10.0 Å². The number of fused-ring (bicyclic) bond motifs is 1. The first-order valence-electron chi connectivity index (χ1n) is 9.94. The Labute approximate surface area is 162 Å². The Hall–Kier alpha value is -1.69. The summed E-state index contributed by atoms with van der Waals surface area (Å²) in [5.41, 5.74) is 3.86. The molecule has 0 bridgehead atoms. The molecule has 1 atom stereocenters. The van der Waals surface area contributed by atoms with Gasteiger partial charge in [-0.05, 0) is 61.4 Å². The van der Waals surface area contributed by atoms with E-state index < -0.39 is 10.0 Å². The third kappa shape index (κ3) is 3.96. The predicted molar refractivity (Wildman–Crippen MR) is 108 cm³/mol. The second-order valence-corrected chi connectivity index (χ2v) is 9.71. The van der Waals surface area contributed by atoms with Crippen LogP contribution in [0, 0.1) is 0 Å². The zero-order valence-electron chi connectivity index (χ0n) is 16.0. The van der Waals surface area contributed by atoms with Crippen LogP contribution in [-0.2, 0) is 29.3 Å². The first kappa shape index (κ1) is 18.7. The van der Waals surface area contributed by atoms with E-state index in [1.54, 1.807) is 10.4 Å². The van der Waals surface area contributed by atoms with Crippen LogP contribution in [0.15, 0.2) is 53.4 Å². The van der Waals surface area contributed by atoms with Gasteiger partial charge in [0.1, 0.15) is 0 Å². The van der Waals surface area contributed by atoms with Crippen LogP contribution in [0.3, 0.4) is 0 Å². The molecule has 4 nitrogen and oxygen atoms in total. The van der Waals surface area contributed by atoms with Crippen LogP contribution < -0.4 is 0 Å². The van der Waals surface area contributed by atoms with Gasteiger partial charge in [-0.1, -0.05) is 36.4 Å². The van der Waals surface area contributed by atoms with E-state index in [4.69, 9.17) is 0 Å². The van der Waals surface area contributed by atoms with Crippen LogP contribution in [0.25, 0.3) is 0 Å². The maximum atomic E-state index is 13.1. The van der Waals surface area contributed by atoms with Crippen molar-refractivity contribution in [2.45, 2.75) is 43.5 Å². The summed E-state index contributed by atoms with van der Waals surface area (Å²) in [5, 5.41) is 0. The van der Waals surface area contributed by atoms with Gasteiger partial charge in [-0.25, -0.2) is 8.42 Å². The first-order chi connectivity index (χ1) is 13.0. The Balaban J connectivity index is 1.41. The molecule has 1 unspecified atom stereocenters. The minimum atomic E-state index is -3.40. The highest BCUT2D eigenvalue weighted by atomic mass is 32.2. The molecule has 0 spiro atoms. The summed E-state index contributed by atoms with van der Waals surface area (Å²) in [7, 11) is -3.40. The molecule has 0 radical (unpaired) electrons. The van der Waals surface area contributed by atoms with Gasteiger partial charge in [0, 0.05) is 32.2 Å². The van der Waals surface area contributed by atoms with Crippen LogP contribution in [0.4, 0.5) is 0 Å². The Bertz CT molecular complexity index is 896. The van der Waals surface area contributed by atoms with E-state index in [0.717, 1.165) is 38.8 Å². The number of aryl methyl sites for hydroxylation is 2. The maximum absolute atomic E-state index is 13.1. The molecular weight excluding hydrogens is 356 g/mol. The molecule has 2 aromatic carbocycles. The Morgan fingerprint density at radius 2 is 1.78 bits per heavy atom. The second kappa shape index (κ2) is 7.74. The SMILES string of the molecule is CC1CN(S(=O)(=O)c2ccc3c(c2)CCC3)CCN1CCc1ccccc1. The number of benzene rings is 2. The first-order valence-corrected chi connectivity index (χ1v) is 11.4. The van der Waals surface area contributed by atoms with Gasteiger partial charge in [0.05, 0.1) is 4.90 Å². The molecular formula is C22H28N2O2S. The van der Waals surface area contributed by atoms with Crippen molar-refractivity contribution in [2.75, 3.05) is 26.2 Å². The molecule has 0 saturated carbocycles. The molecule has 1 aliphatic carbocycles. The molecule has 27 heavy (non-hydrogen) atoms. The second-order valence-electron chi connectivity index (χ2n) is 7.77. The molecule has 2 aliphatic rings. The quantitative estimate of drug-likeness (QED) is 0.795. The van der Waals surface area contributed by atoms with Crippen LogP contribution in [0.2, 0.25) is 0 Å². The number of hydrogen-bond donors (Lipinski definition) is 0. The van der Waals surface area contributed by atoms with Gasteiger partial charge in [0.2, 0.25) is 10.0 Å². The van der Waals surface area contributed by atoms with Crippen molar-refractivity contribution in [1.82, 2.24) is 9.21 Å². The molecule has 1 saturated heterocycles. The highest BCUT2D eigenvalue weighted by Gasteiger charge is 2.32. The topological polar surface area (TPSA) is 40.6 Å². The van der Waals surface area contributed by atoms with Gasteiger partial charge in [0.15, 0.2) is 0 Å². The van der Waals surface area contributed by atoms with E-state index >= 15 is 0 Å². The van der Waals surface area contributed by atoms with Gasteiger partial charge in [-0.3, -0.25) is 4.90 Å². The number of nitrogens with zero attached hydrogens (tertiary/aromatic N) is 2. The van der Waals surface area contributed by atoms with Gasteiger partial charge < -0.3 is 0 Å². The lowest BCUT2D eigenvalue weighted by Gasteiger charge is -2.39. The van der Waals surface area contributed by atoms with Gasteiger partial charge >= 0.3 is 0 Å². The van der Waals surface area contributed by atoms with E-state index in [0.29, 0.717) is 18.0 Å². The lowest BCUT2D eigenvalue weighted by Crippen LogP contribution is -2.53. The average molecular weight is 385 g/mol. The molecule has 0 N–H and O–H groups in total. The highest BCUT2D eigenvalue weighted by Crippen LogP contribution is 2.27. The minimum Gasteiger partial charge on any atom is -0.298 e. The average Bonchev–Trinajstić information content (AvgIpc) is 3.15. The third-order valence-electron chi connectivity index (χ3n) is 5.97. The van der Waals surface area contributed by atoms with Crippen molar-refractivity contribution in [1.29, 1.82) is 0 Å². The smallest absolute Gasteiger partial charge is 0.243 e. The van der Waals surface area contributed by atoms with Crippen molar-refractivity contribution in [3.05, 3.63) is 65.2 Å². The lowest BCUT2D eigenvalue weighted by atomic mass is 10.1. The van der Waals surface area contributed by atoms with E-state index in [1.165, 1.54) is 16.7 Å². The van der Waals surface area contributed by atoms with Crippen molar-refractivity contribution in [3.63, 3.8) is 0 Å². The largest absolute Gasteiger partial charge is 0.298 e. The summed E-state index contributed by atoms with van der Waals surface area (Å²) in [6, 6.07) is 16.4.